The fraction of sp³-hybridized carbons (Fsp3) is 0.346. The van der Waals surface area contributed by atoms with Gasteiger partial charge in [-0.25, -0.2) is 4.79 Å². The zero-order chi connectivity index (χ0) is 23.6. The van der Waals surface area contributed by atoms with Gasteiger partial charge in [-0.3, -0.25) is 9.59 Å². The molecule has 2 aromatic carbocycles. The molecule has 0 bridgehead atoms. The van der Waals surface area contributed by atoms with Crippen LogP contribution in [0.3, 0.4) is 0 Å². The summed E-state index contributed by atoms with van der Waals surface area (Å²) in [6.07, 6.45) is 2.36. The molecule has 33 heavy (non-hydrogen) atoms. The van der Waals surface area contributed by atoms with Crippen molar-refractivity contribution in [2.24, 2.45) is 11.3 Å². The maximum atomic E-state index is 12.4. The van der Waals surface area contributed by atoms with Crippen molar-refractivity contribution in [3.63, 3.8) is 0 Å². The standard InChI is InChI=1S/C26H28N2O5/c1-17-14-28(16-26(17,2)24(30)31)23(29)12-7-13-27-25(32)33-15-22-20-10-5-3-8-18(20)19-9-4-6-11-21(19)22/h3-12,17,22H,13-16H2,1-2H3,(H,27,32)(H,30,31)/b12-7+/t17-,26-/m1/s1. The summed E-state index contributed by atoms with van der Waals surface area (Å²) in [6.45, 7) is 4.43. The molecule has 0 spiro atoms. The fourth-order valence-electron chi connectivity index (χ4n) is 4.65. The van der Waals surface area contributed by atoms with Gasteiger partial charge in [0.1, 0.15) is 6.61 Å². The zero-order valence-corrected chi connectivity index (χ0v) is 18.8. The summed E-state index contributed by atoms with van der Waals surface area (Å²) < 4.78 is 5.47. The molecular weight excluding hydrogens is 420 g/mol. The number of rotatable bonds is 6. The number of carboxylic acid groups (broad SMARTS) is 1. The quantitative estimate of drug-likeness (QED) is 0.658. The average Bonchev–Trinajstić information content (AvgIpc) is 3.30. The lowest BCUT2D eigenvalue weighted by atomic mass is 9.81. The minimum atomic E-state index is -0.941. The van der Waals surface area contributed by atoms with Gasteiger partial charge in [-0.1, -0.05) is 61.5 Å². The van der Waals surface area contributed by atoms with Crippen molar-refractivity contribution in [2.45, 2.75) is 19.8 Å². The van der Waals surface area contributed by atoms with E-state index in [1.807, 2.05) is 31.2 Å². The first-order valence-corrected chi connectivity index (χ1v) is 11.1. The minimum Gasteiger partial charge on any atom is -0.481 e. The molecule has 0 radical (unpaired) electrons. The van der Waals surface area contributed by atoms with Crippen LogP contribution in [0.15, 0.2) is 60.7 Å². The molecule has 2 amide bonds. The molecule has 7 heteroatoms. The van der Waals surface area contributed by atoms with Crippen LogP contribution >= 0.6 is 0 Å². The number of nitrogens with zero attached hydrogens (tertiary/aromatic N) is 1. The number of benzene rings is 2. The van der Waals surface area contributed by atoms with Crippen molar-refractivity contribution in [1.29, 1.82) is 0 Å². The third kappa shape index (κ3) is 4.35. The molecule has 2 atom stereocenters. The van der Waals surface area contributed by atoms with Crippen LogP contribution in [-0.2, 0) is 14.3 Å². The third-order valence-electron chi connectivity index (χ3n) is 6.87. The van der Waals surface area contributed by atoms with Gasteiger partial charge >= 0.3 is 12.1 Å². The Labute approximate surface area is 193 Å². The first kappa shape index (κ1) is 22.6. The summed E-state index contributed by atoms with van der Waals surface area (Å²) in [4.78, 5) is 37.6. The maximum Gasteiger partial charge on any atom is 0.407 e. The number of alkyl carbamates (subject to hydrolysis) is 1. The fourth-order valence-corrected chi connectivity index (χ4v) is 4.65. The molecule has 7 nitrogen and oxygen atoms in total. The van der Waals surface area contributed by atoms with Crippen LogP contribution < -0.4 is 5.32 Å². The predicted octanol–water partition coefficient (Wildman–Crippen LogP) is 3.65. The van der Waals surface area contributed by atoms with Crippen molar-refractivity contribution in [3.8, 4) is 11.1 Å². The van der Waals surface area contributed by atoms with Gasteiger partial charge < -0.3 is 20.1 Å². The van der Waals surface area contributed by atoms with Crippen molar-refractivity contribution in [3.05, 3.63) is 71.8 Å². The second-order valence-electron chi connectivity index (χ2n) is 8.95. The number of hydrogen-bond acceptors (Lipinski definition) is 4. The molecule has 1 aliphatic heterocycles. The van der Waals surface area contributed by atoms with E-state index in [0.29, 0.717) is 6.54 Å². The van der Waals surface area contributed by atoms with Crippen LogP contribution in [0.5, 0.6) is 0 Å². The number of ether oxygens (including phenoxy) is 1. The highest BCUT2D eigenvalue weighted by Crippen LogP contribution is 2.44. The monoisotopic (exact) mass is 448 g/mol. The highest BCUT2D eigenvalue weighted by molar-refractivity contribution is 5.89. The van der Waals surface area contributed by atoms with E-state index in [2.05, 4.69) is 29.6 Å². The van der Waals surface area contributed by atoms with E-state index >= 15 is 0 Å². The van der Waals surface area contributed by atoms with Gasteiger partial charge in [0.15, 0.2) is 0 Å². The summed E-state index contributed by atoms with van der Waals surface area (Å²) in [5.74, 6) is -1.31. The normalized spacial score (nSPS) is 21.6. The lowest BCUT2D eigenvalue weighted by Crippen LogP contribution is -2.36. The molecular formula is C26H28N2O5. The van der Waals surface area contributed by atoms with Gasteiger partial charge in [-0.15, -0.1) is 0 Å². The number of hydrogen-bond donors (Lipinski definition) is 2. The van der Waals surface area contributed by atoms with Crippen LogP contribution in [0.25, 0.3) is 11.1 Å². The topological polar surface area (TPSA) is 95.9 Å². The van der Waals surface area contributed by atoms with Crippen molar-refractivity contribution < 1.29 is 24.2 Å². The van der Waals surface area contributed by atoms with Gasteiger partial charge in [0.05, 0.1) is 5.41 Å². The lowest BCUT2D eigenvalue weighted by molar-refractivity contribution is -0.149. The second kappa shape index (κ2) is 9.10. The van der Waals surface area contributed by atoms with Crippen LogP contribution in [0.2, 0.25) is 0 Å². The summed E-state index contributed by atoms with van der Waals surface area (Å²) in [6, 6.07) is 16.3. The number of nitrogens with one attached hydrogen (secondary N) is 1. The van der Waals surface area contributed by atoms with Crippen LogP contribution in [0.1, 0.15) is 30.9 Å². The molecule has 1 aliphatic carbocycles. The molecule has 4 rings (SSSR count). The van der Waals surface area contributed by atoms with Crippen LogP contribution in [0.4, 0.5) is 4.79 Å². The van der Waals surface area contributed by atoms with Gasteiger partial charge in [0.25, 0.3) is 0 Å². The highest BCUT2D eigenvalue weighted by Gasteiger charge is 2.47. The number of likely N-dealkylation sites (tertiary alicyclic amines) is 1. The van der Waals surface area contributed by atoms with Gasteiger partial charge in [-0.05, 0) is 35.1 Å². The molecule has 1 heterocycles. The predicted molar refractivity (Wildman–Crippen MR) is 124 cm³/mol. The molecule has 2 aliphatic rings. The molecule has 2 aromatic rings. The third-order valence-corrected chi connectivity index (χ3v) is 6.87. The van der Waals surface area contributed by atoms with E-state index in [1.54, 1.807) is 13.0 Å². The summed E-state index contributed by atoms with van der Waals surface area (Å²) in [7, 11) is 0. The Morgan fingerprint density at radius 2 is 1.73 bits per heavy atom. The molecule has 172 valence electrons. The van der Waals surface area contributed by atoms with E-state index in [0.717, 1.165) is 11.1 Å². The lowest BCUT2D eigenvalue weighted by Gasteiger charge is -2.22. The Hall–Kier alpha value is -3.61. The molecule has 1 saturated heterocycles. The number of carbonyl (C=O) groups excluding carboxylic acids is 2. The number of fused-ring (bicyclic) bond motifs is 3. The molecule has 0 unspecified atom stereocenters. The first-order chi connectivity index (χ1) is 15.8. The van der Waals surface area contributed by atoms with Crippen molar-refractivity contribution in [1.82, 2.24) is 10.2 Å². The summed E-state index contributed by atoms with van der Waals surface area (Å²) >= 11 is 0. The second-order valence-corrected chi connectivity index (χ2v) is 8.95. The number of aliphatic carboxylic acids is 1. The van der Waals surface area contributed by atoms with Crippen molar-refractivity contribution >= 4 is 18.0 Å². The largest absolute Gasteiger partial charge is 0.481 e. The van der Waals surface area contributed by atoms with E-state index in [-0.39, 0.29) is 37.4 Å². The smallest absolute Gasteiger partial charge is 0.407 e. The Kier molecular flexibility index (Phi) is 6.22. The van der Waals surface area contributed by atoms with E-state index in [1.165, 1.54) is 22.1 Å². The zero-order valence-electron chi connectivity index (χ0n) is 18.8. The van der Waals surface area contributed by atoms with E-state index in [4.69, 9.17) is 4.74 Å². The average molecular weight is 449 g/mol. The van der Waals surface area contributed by atoms with Gasteiger partial charge in [-0.2, -0.15) is 0 Å². The Morgan fingerprint density at radius 3 is 2.30 bits per heavy atom. The molecule has 0 aromatic heterocycles. The summed E-state index contributed by atoms with van der Waals surface area (Å²) in [5.41, 5.74) is 3.68. The Balaban J connectivity index is 1.27. The summed E-state index contributed by atoms with van der Waals surface area (Å²) in [5, 5.41) is 12.1. The minimum absolute atomic E-state index is 0.0130. The molecule has 0 saturated carbocycles. The van der Waals surface area contributed by atoms with E-state index in [9.17, 15) is 19.5 Å². The van der Waals surface area contributed by atoms with E-state index < -0.39 is 17.5 Å². The van der Waals surface area contributed by atoms with Gasteiger partial charge in [0.2, 0.25) is 5.91 Å². The number of amides is 2. The molecule has 1 fully saturated rings. The SMILES string of the molecule is C[C@@H]1CN(C(=O)/C=C/CNC(=O)OCC2c3ccccc3-c3ccccc32)C[C@@]1(C)C(=O)O. The molecule has 2 N–H and O–H groups in total. The van der Waals surface area contributed by atoms with Gasteiger partial charge in [0, 0.05) is 31.6 Å². The number of carboxylic acids is 1. The van der Waals surface area contributed by atoms with Crippen LogP contribution in [0, 0.1) is 11.3 Å². The number of carbonyl (C=O) groups is 3. The Morgan fingerprint density at radius 1 is 1.12 bits per heavy atom. The first-order valence-electron chi connectivity index (χ1n) is 11.1. The maximum absolute atomic E-state index is 12.4. The Bertz CT molecular complexity index is 1070. The highest BCUT2D eigenvalue weighted by atomic mass is 16.5. The van der Waals surface area contributed by atoms with Crippen LogP contribution in [-0.4, -0.2) is 54.2 Å². The van der Waals surface area contributed by atoms with Crippen molar-refractivity contribution in [2.75, 3.05) is 26.2 Å².